The van der Waals surface area contributed by atoms with Gasteiger partial charge in [-0.05, 0) is 76.7 Å². The van der Waals surface area contributed by atoms with Crippen molar-refractivity contribution in [1.82, 2.24) is 10.4 Å². The van der Waals surface area contributed by atoms with Crippen LogP contribution in [0.2, 0.25) is 0 Å². The summed E-state index contributed by atoms with van der Waals surface area (Å²) >= 11 is 3.22. The Kier molecular flexibility index (Phi) is 8.44. The van der Waals surface area contributed by atoms with E-state index in [4.69, 9.17) is 18.6 Å². The van der Waals surface area contributed by atoms with Gasteiger partial charge in [0, 0.05) is 0 Å². The molecule has 1 aromatic heterocycles. The van der Waals surface area contributed by atoms with Gasteiger partial charge in [-0.3, -0.25) is 4.79 Å². The van der Waals surface area contributed by atoms with Gasteiger partial charge in [0.2, 0.25) is 0 Å². The number of nitrogens with zero attached hydrogens (tertiary/aromatic N) is 2. The first-order chi connectivity index (χ1) is 17.5. The standard InChI is InChI=1S/C25H20IN3O6S/c1-32-17-9-7-16(8-10-17)24(31)35-23-18(26)11-15(12-21(23)33-2)13-27-29-22(30)14-36-25-28-19-5-3-4-6-20(19)34-25/h3-13H,14H2,1-2H3,(H,29,30)/b27-13-. The van der Waals surface area contributed by atoms with Gasteiger partial charge < -0.3 is 18.6 Å². The minimum Gasteiger partial charge on any atom is -0.497 e. The van der Waals surface area contributed by atoms with E-state index in [2.05, 4.69) is 15.5 Å². The first kappa shape index (κ1) is 25.5. The van der Waals surface area contributed by atoms with Crippen LogP contribution >= 0.6 is 34.4 Å². The van der Waals surface area contributed by atoms with Crippen molar-refractivity contribution in [3.63, 3.8) is 0 Å². The quantitative estimate of drug-likeness (QED) is 0.0705. The van der Waals surface area contributed by atoms with Crippen LogP contribution in [-0.4, -0.2) is 43.0 Å². The molecule has 4 aromatic rings. The number of hydrazone groups is 1. The normalized spacial score (nSPS) is 11.0. The summed E-state index contributed by atoms with van der Waals surface area (Å²) in [5.74, 6) is 0.520. The Morgan fingerprint density at radius 3 is 2.61 bits per heavy atom. The summed E-state index contributed by atoms with van der Waals surface area (Å²) in [7, 11) is 3.03. The van der Waals surface area contributed by atoms with Gasteiger partial charge in [0.25, 0.3) is 11.1 Å². The zero-order chi connectivity index (χ0) is 25.5. The molecular formula is C25H20IN3O6S. The topological polar surface area (TPSA) is 112 Å². The minimum absolute atomic E-state index is 0.0886. The van der Waals surface area contributed by atoms with Crippen LogP contribution in [0.25, 0.3) is 11.1 Å². The van der Waals surface area contributed by atoms with Crippen LogP contribution in [0.15, 0.2) is 75.4 Å². The molecule has 1 N–H and O–H groups in total. The number of hydrogen-bond donors (Lipinski definition) is 1. The van der Waals surface area contributed by atoms with Crippen LogP contribution < -0.4 is 19.6 Å². The summed E-state index contributed by atoms with van der Waals surface area (Å²) in [5, 5.41) is 4.41. The van der Waals surface area contributed by atoms with Crippen molar-refractivity contribution in [3.05, 3.63) is 75.4 Å². The highest BCUT2D eigenvalue weighted by atomic mass is 127. The van der Waals surface area contributed by atoms with E-state index in [1.165, 1.54) is 25.1 Å². The Hall–Kier alpha value is -3.58. The molecule has 0 aliphatic heterocycles. The van der Waals surface area contributed by atoms with Gasteiger partial charge in [-0.1, -0.05) is 23.9 Å². The molecule has 0 saturated carbocycles. The molecule has 0 aliphatic rings. The van der Waals surface area contributed by atoms with E-state index in [0.29, 0.717) is 37.0 Å². The summed E-state index contributed by atoms with van der Waals surface area (Å²) in [6.45, 7) is 0. The van der Waals surface area contributed by atoms with Crippen LogP contribution in [0.4, 0.5) is 0 Å². The van der Waals surface area contributed by atoms with Gasteiger partial charge in [0.15, 0.2) is 17.1 Å². The minimum atomic E-state index is -0.529. The summed E-state index contributed by atoms with van der Waals surface area (Å²) in [6.07, 6.45) is 1.47. The fraction of sp³-hybridized carbons (Fsp3) is 0.120. The Morgan fingerprint density at radius 1 is 1.11 bits per heavy atom. The smallest absolute Gasteiger partial charge is 0.343 e. The van der Waals surface area contributed by atoms with Crippen molar-refractivity contribution in [3.8, 4) is 17.2 Å². The molecule has 9 nitrogen and oxygen atoms in total. The molecule has 4 rings (SSSR count). The summed E-state index contributed by atoms with van der Waals surface area (Å²) in [6, 6.07) is 17.4. The van der Waals surface area contributed by atoms with Crippen LogP contribution in [0.3, 0.4) is 0 Å². The molecule has 1 heterocycles. The molecular weight excluding hydrogens is 597 g/mol. The van der Waals surface area contributed by atoms with Gasteiger partial charge >= 0.3 is 5.97 Å². The molecule has 0 saturated heterocycles. The average Bonchev–Trinajstić information content (AvgIpc) is 3.32. The number of hydrogen-bond acceptors (Lipinski definition) is 9. The number of aromatic nitrogens is 1. The number of rotatable bonds is 9. The molecule has 11 heteroatoms. The second-order valence-electron chi connectivity index (χ2n) is 7.18. The van der Waals surface area contributed by atoms with Crippen LogP contribution in [0, 0.1) is 3.57 Å². The second-order valence-corrected chi connectivity index (χ2v) is 9.27. The first-order valence-electron chi connectivity index (χ1n) is 10.5. The number of ether oxygens (including phenoxy) is 3. The maximum atomic E-state index is 12.6. The fourth-order valence-corrected chi connectivity index (χ4v) is 4.41. The van der Waals surface area contributed by atoms with Crippen molar-refractivity contribution in [2.45, 2.75) is 5.22 Å². The van der Waals surface area contributed by atoms with E-state index >= 15 is 0 Å². The highest BCUT2D eigenvalue weighted by Crippen LogP contribution is 2.34. The van der Waals surface area contributed by atoms with E-state index in [0.717, 1.165) is 5.52 Å². The summed E-state index contributed by atoms with van der Waals surface area (Å²) in [4.78, 5) is 29.0. The number of halogens is 1. The number of carbonyl (C=O) groups excluding carboxylic acids is 2. The zero-order valence-corrected chi connectivity index (χ0v) is 22.2. The number of fused-ring (bicyclic) bond motifs is 1. The molecule has 0 spiro atoms. The number of methoxy groups -OCH3 is 2. The number of benzene rings is 3. The van der Waals surface area contributed by atoms with Crippen LogP contribution in [0.5, 0.6) is 17.2 Å². The van der Waals surface area contributed by atoms with Gasteiger partial charge in [0.1, 0.15) is 11.3 Å². The van der Waals surface area contributed by atoms with Crippen LogP contribution in [0.1, 0.15) is 15.9 Å². The van der Waals surface area contributed by atoms with E-state index < -0.39 is 5.97 Å². The molecule has 0 fully saturated rings. The number of amides is 1. The number of thioether (sulfide) groups is 1. The molecule has 184 valence electrons. The Morgan fingerprint density at radius 2 is 1.89 bits per heavy atom. The molecule has 3 aromatic carbocycles. The highest BCUT2D eigenvalue weighted by molar-refractivity contribution is 14.1. The number of esters is 1. The van der Waals surface area contributed by atoms with E-state index in [1.807, 2.05) is 46.9 Å². The van der Waals surface area contributed by atoms with Crippen molar-refractivity contribution in [2.75, 3.05) is 20.0 Å². The van der Waals surface area contributed by atoms with Crippen molar-refractivity contribution in [2.24, 2.45) is 5.10 Å². The van der Waals surface area contributed by atoms with Gasteiger partial charge in [-0.2, -0.15) is 5.10 Å². The lowest BCUT2D eigenvalue weighted by atomic mass is 10.2. The molecule has 0 unspecified atom stereocenters. The maximum Gasteiger partial charge on any atom is 0.343 e. The third kappa shape index (κ3) is 6.34. The Balaban J connectivity index is 1.36. The second kappa shape index (κ2) is 11.9. The van der Waals surface area contributed by atoms with E-state index in [1.54, 1.807) is 43.5 Å². The maximum absolute atomic E-state index is 12.6. The molecule has 0 atom stereocenters. The fourth-order valence-electron chi connectivity index (χ4n) is 3.04. The van der Waals surface area contributed by atoms with E-state index in [9.17, 15) is 9.59 Å². The lowest BCUT2D eigenvalue weighted by molar-refractivity contribution is -0.118. The summed E-state index contributed by atoms with van der Waals surface area (Å²) in [5.41, 5.74) is 4.89. The molecule has 0 bridgehead atoms. The zero-order valence-electron chi connectivity index (χ0n) is 19.2. The van der Waals surface area contributed by atoms with Gasteiger partial charge in [-0.15, -0.1) is 0 Å². The largest absolute Gasteiger partial charge is 0.497 e. The Labute approximate surface area is 224 Å². The Bertz CT molecular complexity index is 1390. The van der Waals surface area contributed by atoms with Gasteiger partial charge in [-0.25, -0.2) is 15.2 Å². The third-order valence-corrected chi connectivity index (χ3v) is 6.41. The molecule has 36 heavy (non-hydrogen) atoms. The van der Waals surface area contributed by atoms with Crippen molar-refractivity contribution >= 4 is 63.5 Å². The first-order valence-corrected chi connectivity index (χ1v) is 12.6. The predicted molar refractivity (Wildman–Crippen MR) is 144 cm³/mol. The third-order valence-electron chi connectivity index (χ3n) is 4.78. The summed E-state index contributed by atoms with van der Waals surface area (Å²) < 4.78 is 22.3. The van der Waals surface area contributed by atoms with Crippen LogP contribution in [-0.2, 0) is 4.79 Å². The van der Waals surface area contributed by atoms with Gasteiger partial charge in [0.05, 0.1) is 35.3 Å². The molecule has 0 aliphatic carbocycles. The molecule has 0 radical (unpaired) electrons. The van der Waals surface area contributed by atoms with E-state index in [-0.39, 0.29) is 17.4 Å². The average molecular weight is 617 g/mol. The number of nitrogens with one attached hydrogen (secondary N) is 1. The monoisotopic (exact) mass is 617 g/mol. The number of carbonyl (C=O) groups is 2. The highest BCUT2D eigenvalue weighted by Gasteiger charge is 2.17. The SMILES string of the molecule is COc1ccc(C(=O)Oc2c(I)cc(/C=N\NC(=O)CSc3nc4ccccc4o3)cc2OC)cc1. The lowest BCUT2D eigenvalue weighted by Gasteiger charge is -2.12. The number of para-hydroxylation sites is 2. The predicted octanol–water partition coefficient (Wildman–Crippen LogP) is 4.91. The number of oxazole rings is 1. The lowest BCUT2D eigenvalue weighted by Crippen LogP contribution is -2.19. The molecule has 1 amide bonds. The van der Waals surface area contributed by atoms with Crippen molar-refractivity contribution < 1.29 is 28.2 Å². The van der Waals surface area contributed by atoms with Crippen molar-refractivity contribution in [1.29, 1.82) is 0 Å².